The summed E-state index contributed by atoms with van der Waals surface area (Å²) in [6.07, 6.45) is 6.43. The fraction of sp³-hybridized carbons (Fsp3) is 0.0870. The van der Waals surface area contributed by atoms with E-state index in [2.05, 4.69) is 34.3 Å². The predicted octanol–water partition coefficient (Wildman–Crippen LogP) is 5.69. The average Bonchev–Trinajstić information content (AvgIpc) is 3.24. The highest BCUT2D eigenvalue weighted by atomic mass is 35.5. The van der Waals surface area contributed by atoms with E-state index in [1.807, 2.05) is 37.3 Å². The van der Waals surface area contributed by atoms with Gasteiger partial charge in [0.2, 0.25) is 0 Å². The van der Waals surface area contributed by atoms with Crippen LogP contribution in [-0.4, -0.2) is 15.9 Å². The minimum absolute atomic E-state index is 0. The van der Waals surface area contributed by atoms with E-state index in [4.69, 9.17) is 4.42 Å². The highest BCUT2D eigenvalue weighted by Crippen LogP contribution is 2.30. The van der Waals surface area contributed by atoms with Crippen LogP contribution in [0, 0.1) is 13.8 Å². The third kappa shape index (κ3) is 4.36. The van der Waals surface area contributed by atoms with Crippen LogP contribution in [0.25, 0.3) is 22.5 Å². The Labute approximate surface area is 175 Å². The van der Waals surface area contributed by atoms with Crippen LogP contribution in [0.15, 0.2) is 77.9 Å². The van der Waals surface area contributed by atoms with Crippen molar-refractivity contribution >= 4 is 24.0 Å². The number of nitrogens with one attached hydrogen (secondary N) is 1. The molecule has 0 unspecified atom stereocenters. The van der Waals surface area contributed by atoms with Gasteiger partial charge in [0.15, 0.2) is 12.2 Å². The van der Waals surface area contributed by atoms with Crippen molar-refractivity contribution in [1.29, 1.82) is 0 Å². The number of halogens is 1. The first-order valence-electron chi connectivity index (χ1n) is 8.94. The van der Waals surface area contributed by atoms with Crippen LogP contribution in [0.2, 0.25) is 0 Å². The number of benzene rings is 2. The molecule has 1 N–H and O–H groups in total. The van der Waals surface area contributed by atoms with Crippen LogP contribution >= 0.6 is 12.4 Å². The van der Waals surface area contributed by atoms with Crippen molar-refractivity contribution in [2.24, 2.45) is 0 Å². The summed E-state index contributed by atoms with van der Waals surface area (Å²) >= 11 is 0. The van der Waals surface area contributed by atoms with Gasteiger partial charge in [0.25, 0.3) is 5.91 Å². The number of carbonyl (C=O) groups excluding carboxylic acids is 1. The van der Waals surface area contributed by atoms with Crippen LogP contribution < -0.4 is 5.32 Å². The van der Waals surface area contributed by atoms with Gasteiger partial charge in [0.05, 0.1) is 6.20 Å². The van der Waals surface area contributed by atoms with Crippen LogP contribution in [-0.2, 0) is 0 Å². The number of oxazole rings is 1. The summed E-state index contributed by atoms with van der Waals surface area (Å²) < 4.78 is 5.40. The lowest BCUT2D eigenvalue weighted by Crippen LogP contribution is -2.13. The second-order valence-corrected chi connectivity index (χ2v) is 6.62. The molecule has 0 bridgehead atoms. The molecule has 6 heteroatoms. The van der Waals surface area contributed by atoms with Crippen molar-refractivity contribution in [2.75, 3.05) is 5.32 Å². The summed E-state index contributed by atoms with van der Waals surface area (Å²) in [7, 11) is 0. The molecule has 0 atom stereocenters. The monoisotopic (exact) mass is 405 g/mol. The molecule has 5 nitrogen and oxygen atoms in total. The number of aromatic nitrogens is 2. The normalized spacial score (nSPS) is 10.3. The molecule has 0 spiro atoms. The number of nitrogens with zero attached hydrogens (tertiary/aromatic N) is 2. The Balaban J connectivity index is 0.00000240. The molecule has 0 aliphatic carbocycles. The summed E-state index contributed by atoms with van der Waals surface area (Å²) in [6.45, 7) is 3.94. The molecule has 146 valence electrons. The van der Waals surface area contributed by atoms with Crippen LogP contribution in [0.1, 0.15) is 21.5 Å². The van der Waals surface area contributed by atoms with Crippen molar-refractivity contribution in [3.63, 3.8) is 0 Å². The first-order valence-corrected chi connectivity index (χ1v) is 8.94. The quantitative estimate of drug-likeness (QED) is 0.473. The smallest absolute Gasteiger partial charge is 0.256 e. The van der Waals surface area contributed by atoms with E-state index in [0.29, 0.717) is 5.56 Å². The summed E-state index contributed by atoms with van der Waals surface area (Å²) in [4.78, 5) is 20.5. The van der Waals surface area contributed by atoms with Gasteiger partial charge in [-0.15, -0.1) is 12.4 Å². The number of hydrogen-bond donors (Lipinski definition) is 1. The highest BCUT2D eigenvalue weighted by molar-refractivity contribution is 6.05. The Morgan fingerprint density at radius 2 is 1.66 bits per heavy atom. The molecule has 4 rings (SSSR count). The summed E-state index contributed by atoms with van der Waals surface area (Å²) in [5, 5.41) is 2.94. The van der Waals surface area contributed by atoms with Crippen LogP contribution in [0.5, 0.6) is 0 Å². The minimum atomic E-state index is -0.142. The molecule has 2 aromatic carbocycles. The van der Waals surface area contributed by atoms with E-state index in [-0.39, 0.29) is 18.3 Å². The van der Waals surface area contributed by atoms with Gasteiger partial charge in [-0.25, -0.2) is 4.98 Å². The molecule has 29 heavy (non-hydrogen) atoms. The van der Waals surface area contributed by atoms with Crippen molar-refractivity contribution in [1.82, 2.24) is 9.97 Å². The number of anilines is 1. The number of aryl methyl sites for hydroxylation is 2. The lowest BCUT2D eigenvalue weighted by atomic mass is 9.97. The fourth-order valence-corrected chi connectivity index (χ4v) is 3.10. The van der Waals surface area contributed by atoms with Crippen LogP contribution in [0.4, 0.5) is 5.69 Å². The lowest BCUT2D eigenvalue weighted by molar-refractivity contribution is 0.102. The van der Waals surface area contributed by atoms with Gasteiger partial charge < -0.3 is 9.73 Å². The Morgan fingerprint density at radius 1 is 0.897 bits per heavy atom. The Morgan fingerprint density at radius 3 is 2.34 bits per heavy atom. The van der Waals surface area contributed by atoms with Gasteiger partial charge in [-0.05, 0) is 60.4 Å². The topological polar surface area (TPSA) is 68.0 Å². The number of rotatable bonds is 4. The minimum Gasteiger partial charge on any atom is -0.444 e. The third-order valence-corrected chi connectivity index (χ3v) is 4.67. The van der Waals surface area contributed by atoms with Gasteiger partial charge >= 0.3 is 0 Å². The SMILES string of the molecule is Cc1cnccc1C(=O)Nc1ccc(-c2cc(-c3cnco3)ccc2C)cc1.Cl. The van der Waals surface area contributed by atoms with Gasteiger partial charge in [-0.1, -0.05) is 24.3 Å². The zero-order chi connectivity index (χ0) is 19.5. The van der Waals surface area contributed by atoms with Crippen molar-refractivity contribution < 1.29 is 9.21 Å². The van der Waals surface area contributed by atoms with E-state index >= 15 is 0 Å². The molecular formula is C23H20ClN3O2. The number of amides is 1. The summed E-state index contributed by atoms with van der Waals surface area (Å²) in [5.74, 6) is 0.592. The lowest BCUT2D eigenvalue weighted by Gasteiger charge is -2.10. The molecular weight excluding hydrogens is 386 g/mol. The Hall–Kier alpha value is -3.44. The Kier molecular flexibility index (Phi) is 6.10. The average molecular weight is 406 g/mol. The summed E-state index contributed by atoms with van der Waals surface area (Å²) in [5.41, 5.74) is 6.52. The Bertz CT molecular complexity index is 1120. The molecule has 0 radical (unpaired) electrons. The fourth-order valence-electron chi connectivity index (χ4n) is 3.10. The molecule has 0 aliphatic rings. The number of carbonyl (C=O) groups is 1. The highest BCUT2D eigenvalue weighted by Gasteiger charge is 2.10. The zero-order valence-electron chi connectivity index (χ0n) is 16.0. The van der Waals surface area contributed by atoms with Crippen molar-refractivity contribution in [2.45, 2.75) is 13.8 Å². The van der Waals surface area contributed by atoms with E-state index in [1.165, 1.54) is 6.39 Å². The van der Waals surface area contributed by atoms with Crippen molar-refractivity contribution in [3.05, 3.63) is 90.2 Å². The molecule has 0 aliphatic heterocycles. The molecule has 0 saturated carbocycles. The number of pyridine rings is 1. The van der Waals surface area contributed by atoms with Gasteiger partial charge in [0.1, 0.15) is 0 Å². The molecule has 1 amide bonds. The molecule has 2 heterocycles. The number of hydrogen-bond acceptors (Lipinski definition) is 4. The van der Waals surface area contributed by atoms with Gasteiger partial charge in [-0.2, -0.15) is 0 Å². The largest absolute Gasteiger partial charge is 0.444 e. The maximum Gasteiger partial charge on any atom is 0.256 e. The van der Waals surface area contributed by atoms with Gasteiger partial charge in [-0.3, -0.25) is 9.78 Å². The maximum atomic E-state index is 12.5. The van der Waals surface area contributed by atoms with E-state index in [1.54, 1.807) is 24.7 Å². The third-order valence-electron chi connectivity index (χ3n) is 4.67. The zero-order valence-corrected chi connectivity index (χ0v) is 16.9. The second kappa shape index (κ2) is 8.71. The van der Waals surface area contributed by atoms with Gasteiger partial charge in [0, 0.05) is 29.2 Å². The molecule has 2 aromatic heterocycles. The second-order valence-electron chi connectivity index (χ2n) is 6.62. The first kappa shape index (κ1) is 20.3. The van der Waals surface area contributed by atoms with E-state index in [9.17, 15) is 4.79 Å². The molecule has 4 aromatic rings. The van der Waals surface area contributed by atoms with Crippen LogP contribution in [0.3, 0.4) is 0 Å². The first-order chi connectivity index (χ1) is 13.6. The maximum absolute atomic E-state index is 12.5. The summed E-state index contributed by atoms with van der Waals surface area (Å²) in [6, 6.07) is 15.7. The molecule has 0 fully saturated rings. The van der Waals surface area contributed by atoms with Crippen molar-refractivity contribution in [3.8, 4) is 22.5 Å². The van der Waals surface area contributed by atoms with E-state index in [0.717, 1.165) is 39.3 Å². The molecule has 0 saturated heterocycles. The van der Waals surface area contributed by atoms with E-state index < -0.39 is 0 Å². The predicted molar refractivity (Wildman–Crippen MR) is 116 cm³/mol. The standard InChI is InChI=1S/C23H19N3O2.ClH/c1-15-3-4-18(22-13-25-14-28-22)11-21(15)17-5-7-19(8-6-17)26-23(27)20-9-10-24-12-16(20)2;/h3-14H,1-2H3,(H,26,27);1H.